The van der Waals surface area contributed by atoms with Crippen LogP contribution in [0.5, 0.6) is 0 Å². The van der Waals surface area contributed by atoms with Crippen molar-refractivity contribution in [2.45, 2.75) is 24.7 Å². The second-order valence-corrected chi connectivity index (χ2v) is 4.87. The SMILES string of the molecule is CCn1c(SCC(N)c2ccccc2)n[nH]c1=O. The Balaban J connectivity index is 2.01. The van der Waals surface area contributed by atoms with Gasteiger partial charge in [-0.05, 0) is 12.5 Å². The Hall–Kier alpha value is -1.53. The van der Waals surface area contributed by atoms with Gasteiger partial charge in [-0.2, -0.15) is 0 Å². The van der Waals surface area contributed by atoms with Gasteiger partial charge in [0.25, 0.3) is 0 Å². The second kappa shape index (κ2) is 5.88. The van der Waals surface area contributed by atoms with E-state index in [1.165, 1.54) is 11.8 Å². The van der Waals surface area contributed by atoms with Crippen LogP contribution in [0.25, 0.3) is 0 Å². The highest BCUT2D eigenvalue weighted by atomic mass is 32.2. The molecule has 18 heavy (non-hydrogen) atoms. The van der Waals surface area contributed by atoms with Gasteiger partial charge in [-0.15, -0.1) is 5.10 Å². The summed E-state index contributed by atoms with van der Waals surface area (Å²) < 4.78 is 1.60. The summed E-state index contributed by atoms with van der Waals surface area (Å²) in [5.74, 6) is 0.689. The molecule has 0 aliphatic heterocycles. The number of benzene rings is 1. The number of nitrogens with two attached hydrogens (primary N) is 1. The van der Waals surface area contributed by atoms with Crippen molar-refractivity contribution in [2.75, 3.05) is 5.75 Å². The average molecular weight is 264 g/mol. The van der Waals surface area contributed by atoms with Crippen LogP contribution in [-0.2, 0) is 6.54 Å². The third-order valence-corrected chi connectivity index (χ3v) is 3.75. The number of H-pyrrole nitrogens is 1. The third kappa shape index (κ3) is 2.83. The molecule has 1 unspecified atom stereocenters. The van der Waals surface area contributed by atoms with Gasteiger partial charge in [0.2, 0.25) is 0 Å². The van der Waals surface area contributed by atoms with Crippen LogP contribution >= 0.6 is 11.8 Å². The number of hydrogen-bond donors (Lipinski definition) is 2. The molecule has 96 valence electrons. The molecule has 0 bridgehead atoms. The summed E-state index contributed by atoms with van der Waals surface area (Å²) in [5, 5.41) is 7.12. The molecule has 0 saturated heterocycles. The van der Waals surface area contributed by atoms with E-state index in [-0.39, 0.29) is 11.7 Å². The highest BCUT2D eigenvalue weighted by Gasteiger charge is 2.11. The molecule has 0 fully saturated rings. The summed E-state index contributed by atoms with van der Waals surface area (Å²) in [5.41, 5.74) is 7.01. The Kier molecular flexibility index (Phi) is 4.22. The molecule has 0 aliphatic rings. The quantitative estimate of drug-likeness (QED) is 0.800. The van der Waals surface area contributed by atoms with Gasteiger partial charge in [0, 0.05) is 18.3 Å². The lowest BCUT2D eigenvalue weighted by molar-refractivity contribution is 0.659. The van der Waals surface area contributed by atoms with Crippen molar-refractivity contribution in [2.24, 2.45) is 5.73 Å². The fourth-order valence-corrected chi connectivity index (χ4v) is 2.65. The lowest BCUT2D eigenvalue weighted by atomic mass is 10.1. The van der Waals surface area contributed by atoms with E-state index in [0.717, 1.165) is 5.56 Å². The minimum absolute atomic E-state index is 0.0618. The maximum Gasteiger partial charge on any atom is 0.343 e. The Morgan fingerprint density at radius 2 is 2.17 bits per heavy atom. The number of thioether (sulfide) groups is 1. The zero-order chi connectivity index (χ0) is 13.0. The molecule has 0 aliphatic carbocycles. The standard InChI is InChI=1S/C12H16N4OS/c1-2-16-11(17)14-15-12(16)18-8-10(13)9-6-4-3-5-7-9/h3-7,10H,2,8,13H2,1H3,(H,14,17). The van der Waals surface area contributed by atoms with Crippen molar-refractivity contribution in [3.63, 3.8) is 0 Å². The minimum Gasteiger partial charge on any atom is -0.323 e. The highest BCUT2D eigenvalue weighted by molar-refractivity contribution is 7.99. The lowest BCUT2D eigenvalue weighted by Gasteiger charge is -2.11. The molecule has 0 amide bonds. The van der Waals surface area contributed by atoms with E-state index >= 15 is 0 Å². The first-order chi connectivity index (χ1) is 8.72. The Morgan fingerprint density at radius 1 is 1.44 bits per heavy atom. The minimum atomic E-state index is -0.173. The smallest absolute Gasteiger partial charge is 0.323 e. The van der Waals surface area contributed by atoms with Gasteiger partial charge in [-0.3, -0.25) is 4.57 Å². The van der Waals surface area contributed by atoms with E-state index in [9.17, 15) is 4.79 Å². The third-order valence-electron chi connectivity index (χ3n) is 2.66. The van der Waals surface area contributed by atoms with Crippen LogP contribution in [-0.4, -0.2) is 20.5 Å². The van der Waals surface area contributed by atoms with Crippen molar-refractivity contribution < 1.29 is 0 Å². The first-order valence-electron chi connectivity index (χ1n) is 5.81. The Labute approximate surface area is 109 Å². The topological polar surface area (TPSA) is 76.7 Å². The van der Waals surface area contributed by atoms with E-state index in [1.807, 2.05) is 37.3 Å². The van der Waals surface area contributed by atoms with Crippen LogP contribution in [0.3, 0.4) is 0 Å². The Bertz CT molecular complexity index is 549. The van der Waals surface area contributed by atoms with Crippen molar-refractivity contribution in [1.29, 1.82) is 0 Å². The van der Waals surface area contributed by atoms with Crippen LogP contribution < -0.4 is 11.4 Å². The molecule has 2 aromatic rings. The molecular weight excluding hydrogens is 248 g/mol. The normalized spacial score (nSPS) is 12.6. The van der Waals surface area contributed by atoms with Crippen molar-refractivity contribution in [1.82, 2.24) is 14.8 Å². The maximum absolute atomic E-state index is 11.4. The summed E-state index contributed by atoms with van der Waals surface area (Å²) in [6.45, 7) is 2.52. The molecule has 1 heterocycles. The predicted molar refractivity (Wildman–Crippen MR) is 72.6 cm³/mol. The van der Waals surface area contributed by atoms with Gasteiger partial charge in [0.1, 0.15) is 0 Å². The summed E-state index contributed by atoms with van der Waals surface area (Å²) in [6.07, 6.45) is 0. The molecule has 2 rings (SSSR count). The van der Waals surface area contributed by atoms with E-state index in [1.54, 1.807) is 4.57 Å². The van der Waals surface area contributed by atoms with Gasteiger partial charge in [0.15, 0.2) is 5.16 Å². The largest absolute Gasteiger partial charge is 0.343 e. The number of rotatable bonds is 5. The number of aromatic amines is 1. The van der Waals surface area contributed by atoms with Crippen molar-refractivity contribution in [3.8, 4) is 0 Å². The molecule has 0 spiro atoms. The van der Waals surface area contributed by atoms with E-state index in [2.05, 4.69) is 10.2 Å². The van der Waals surface area contributed by atoms with Crippen LogP contribution in [0.4, 0.5) is 0 Å². The Morgan fingerprint density at radius 3 is 2.83 bits per heavy atom. The van der Waals surface area contributed by atoms with E-state index in [4.69, 9.17) is 5.73 Å². The lowest BCUT2D eigenvalue weighted by Crippen LogP contribution is -2.17. The van der Waals surface area contributed by atoms with Crippen molar-refractivity contribution >= 4 is 11.8 Å². The number of nitrogens with zero attached hydrogens (tertiary/aromatic N) is 2. The first-order valence-corrected chi connectivity index (χ1v) is 6.79. The molecule has 1 aromatic heterocycles. The summed E-state index contributed by atoms with van der Waals surface area (Å²) in [4.78, 5) is 11.4. The van der Waals surface area contributed by atoms with Crippen LogP contribution in [0.2, 0.25) is 0 Å². The van der Waals surface area contributed by atoms with E-state index in [0.29, 0.717) is 17.5 Å². The average Bonchev–Trinajstić information content (AvgIpc) is 2.77. The molecular formula is C12H16N4OS. The van der Waals surface area contributed by atoms with Crippen molar-refractivity contribution in [3.05, 3.63) is 46.4 Å². The molecule has 0 saturated carbocycles. The zero-order valence-corrected chi connectivity index (χ0v) is 11.0. The molecule has 1 atom stereocenters. The molecule has 3 N–H and O–H groups in total. The monoisotopic (exact) mass is 264 g/mol. The summed E-state index contributed by atoms with van der Waals surface area (Å²) in [7, 11) is 0. The van der Waals surface area contributed by atoms with E-state index < -0.39 is 0 Å². The first kappa shape index (κ1) is 12.9. The number of hydrogen-bond acceptors (Lipinski definition) is 4. The summed E-state index contributed by atoms with van der Waals surface area (Å²) >= 11 is 1.49. The molecule has 0 radical (unpaired) electrons. The fourth-order valence-electron chi connectivity index (χ4n) is 1.65. The zero-order valence-electron chi connectivity index (χ0n) is 10.2. The molecule has 6 heteroatoms. The van der Waals surface area contributed by atoms with Gasteiger partial charge in [0.05, 0.1) is 0 Å². The van der Waals surface area contributed by atoms with Gasteiger partial charge in [-0.1, -0.05) is 42.1 Å². The predicted octanol–water partition coefficient (Wildman–Crippen LogP) is 1.38. The molecule has 1 aromatic carbocycles. The number of aromatic nitrogens is 3. The summed E-state index contributed by atoms with van der Waals surface area (Å²) in [6, 6.07) is 9.84. The van der Waals surface area contributed by atoms with Crippen LogP contribution in [0.15, 0.2) is 40.3 Å². The van der Waals surface area contributed by atoms with Gasteiger partial charge < -0.3 is 5.73 Å². The number of nitrogens with one attached hydrogen (secondary N) is 1. The highest BCUT2D eigenvalue weighted by Crippen LogP contribution is 2.20. The van der Waals surface area contributed by atoms with Crippen LogP contribution in [0, 0.1) is 0 Å². The maximum atomic E-state index is 11.4. The van der Waals surface area contributed by atoms with Gasteiger partial charge >= 0.3 is 5.69 Å². The van der Waals surface area contributed by atoms with Crippen LogP contribution in [0.1, 0.15) is 18.5 Å². The van der Waals surface area contributed by atoms with Gasteiger partial charge in [-0.25, -0.2) is 9.89 Å². The fraction of sp³-hybridized carbons (Fsp3) is 0.333. The second-order valence-electron chi connectivity index (χ2n) is 3.88. The molecule has 5 nitrogen and oxygen atoms in total.